The lowest BCUT2D eigenvalue weighted by Gasteiger charge is -2.28. The first-order valence-electron chi connectivity index (χ1n) is 8.38. The normalized spacial score (nSPS) is 19.7. The van der Waals surface area contributed by atoms with Gasteiger partial charge in [-0.2, -0.15) is 0 Å². The number of carbonyl (C=O) groups excluding carboxylic acids is 5. The number of nitrogens with zero attached hydrogens (tertiary/aromatic N) is 1. The van der Waals surface area contributed by atoms with Crippen LogP contribution in [-0.4, -0.2) is 47.1 Å². The van der Waals surface area contributed by atoms with Gasteiger partial charge in [-0.05, 0) is 31.5 Å². The molecular weight excluding hydrogens is 354 g/mol. The lowest BCUT2D eigenvalue weighted by molar-refractivity contribution is -0.149. The Morgan fingerprint density at radius 3 is 2.78 bits per heavy atom. The SMILES string of the molecule is CCOC(=O)c1cccc(NC2=CC(=O)N(C3CCC(=O)NC3=O)C2=O)c1. The second-order valence-corrected chi connectivity index (χ2v) is 5.96. The summed E-state index contributed by atoms with van der Waals surface area (Å²) in [6, 6.07) is 5.26. The minimum Gasteiger partial charge on any atom is -0.462 e. The summed E-state index contributed by atoms with van der Waals surface area (Å²) in [7, 11) is 0. The zero-order chi connectivity index (χ0) is 19.6. The topological polar surface area (TPSA) is 122 Å². The van der Waals surface area contributed by atoms with Crippen LogP contribution in [0.4, 0.5) is 5.69 Å². The van der Waals surface area contributed by atoms with E-state index < -0.39 is 35.6 Å². The van der Waals surface area contributed by atoms with Crippen molar-refractivity contribution in [3.8, 4) is 0 Å². The minimum absolute atomic E-state index is 0.0225. The Kier molecular flexibility index (Phi) is 5.02. The largest absolute Gasteiger partial charge is 0.462 e. The van der Waals surface area contributed by atoms with Gasteiger partial charge in [-0.3, -0.25) is 29.4 Å². The quantitative estimate of drug-likeness (QED) is 0.565. The van der Waals surface area contributed by atoms with Gasteiger partial charge in [0.25, 0.3) is 11.8 Å². The maximum absolute atomic E-state index is 12.6. The van der Waals surface area contributed by atoms with E-state index in [1.165, 1.54) is 6.07 Å². The van der Waals surface area contributed by atoms with E-state index >= 15 is 0 Å². The van der Waals surface area contributed by atoms with Crippen LogP contribution in [0.1, 0.15) is 30.1 Å². The van der Waals surface area contributed by atoms with Gasteiger partial charge in [0, 0.05) is 18.2 Å². The number of esters is 1. The molecule has 3 rings (SSSR count). The third kappa shape index (κ3) is 3.71. The molecule has 1 aromatic carbocycles. The summed E-state index contributed by atoms with van der Waals surface area (Å²) in [6.07, 6.45) is 1.22. The zero-order valence-electron chi connectivity index (χ0n) is 14.5. The number of hydrogen-bond donors (Lipinski definition) is 2. The molecule has 2 aliphatic heterocycles. The predicted octanol–water partition coefficient (Wildman–Crippen LogP) is 0.333. The molecule has 4 amide bonds. The third-order valence-electron chi connectivity index (χ3n) is 4.13. The number of anilines is 1. The van der Waals surface area contributed by atoms with Crippen molar-refractivity contribution in [2.75, 3.05) is 11.9 Å². The van der Waals surface area contributed by atoms with E-state index in [4.69, 9.17) is 4.74 Å². The Hall–Kier alpha value is -3.49. The van der Waals surface area contributed by atoms with Crippen molar-refractivity contribution < 1.29 is 28.7 Å². The van der Waals surface area contributed by atoms with Crippen molar-refractivity contribution in [1.29, 1.82) is 0 Å². The average molecular weight is 371 g/mol. The highest BCUT2D eigenvalue weighted by atomic mass is 16.5. The molecule has 1 fully saturated rings. The van der Waals surface area contributed by atoms with Gasteiger partial charge in [0.1, 0.15) is 11.7 Å². The van der Waals surface area contributed by atoms with Crippen molar-refractivity contribution in [3.63, 3.8) is 0 Å². The van der Waals surface area contributed by atoms with Crippen molar-refractivity contribution in [2.45, 2.75) is 25.8 Å². The molecule has 9 heteroatoms. The fraction of sp³-hybridized carbons (Fsp3) is 0.278. The van der Waals surface area contributed by atoms with Gasteiger partial charge in [-0.1, -0.05) is 6.07 Å². The fourth-order valence-corrected chi connectivity index (χ4v) is 2.89. The fourth-order valence-electron chi connectivity index (χ4n) is 2.89. The highest BCUT2D eigenvalue weighted by molar-refractivity contribution is 6.20. The summed E-state index contributed by atoms with van der Waals surface area (Å²) in [5.41, 5.74) is 0.685. The van der Waals surface area contributed by atoms with Gasteiger partial charge in [0.2, 0.25) is 11.8 Å². The molecule has 0 saturated carbocycles. The number of nitrogens with one attached hydrogen (secondary N) is 2. The maximum Gasteiger partial charge on any atom is 0.338 e. The maximum atomic E-state index is 12.6. The first-order valence-corrected chi connectivity index (χ1v) is 8.38. The van der Waals surface area contributed by atoms with Crippen LogP contribution in [0.25, 0.3) is 0 Å². The smallest absolute Gasteiger partial charge is 0.338 e. The summed E-state index contributed by atoms with van der Waals surface area (Å²) in [5, 5.41) is 4.92. The first-order chi connectivity index (χ1) is 12.9. The van der Waals surface area contributed by atoms with Gasteiger partial charge in [0.05, 0.1) is 12.2 Å². The molecule has 9 nitrogen and oxygen atoms in total. The molecule has 1 atom stereocenters. The van der Waals surface area contributed by atoms with E-state index in [1.807, 2.05) is 0 Å². The Bertz CT molecular complexity index is 876. The Labute approximate surface area is 154 Å². The number of piperidine rings is 1. The zero-order valence-corrected chi connectivity index (χ0v) is 14.5. The van der Waals surface area contributed by atoms with Gasteiger partial charge >= 0.3 is 5.97 Å². The molecule has 2 heterocycles. The molecular formula is C18H17N3O6. The summed E-state index contributed by atoms with van der Waals surface area (Å²) >= 11 is 0. The van der Waals surface area contributed by atoms with E-state index in [9.17, 15) is 24.0 Å². The van der Waals surface area contributed by atoms with E-state index in [1.54, 1.807) is 25.1 Å². The number of ether oxygens (including phenoxy) is 1. The van der Waals surface area contributed by atoms with Crippen LogP contribution in [0.2, 0.25) is 0 Å². The molecule has 140 valence electrons. The lowest BCUT2D eigenvalue weighted by Crippen LogP contribution is -2.54. The highest BCUT2D eigenvalue weighted by Crippen LogP contribution is 2.23. The number of carbonyl (C=O) groups is 5. The lowest BCUT2D eigenvalue weighted by atomic mass is 10.0. The number of imide groups is 2. The van der Waals surface area contributed by atoms with Gasteiger partial charge < -0.3 is 10.1 Å². The Morgan fingerprint density at radius 1 is 1.30 bits per heavy atom. The van der Waals surface area contributed by atoms with Crippen LogP contribution in [0.15, 0.2) is 36.0 Å². The molecule has 1 aromatic rings. The van der Waals surface area contributed by atoms with Crippen LogP contribution < -0.4 is 10.6 Å². The molecule has 2 N–H and O–H groups in total. The standard InChI is InChI=1S/C18H17N3O6/c1-2-27-18(26)10-4-3-5-11(8-10)19-12-9-15(23)21(17(12)25)13-6-7-14(22)20-16(13)24/h3-5,8-9,13,19H,2,6-7H2,1H3,(H,20,22,24). The molecule has 0 aliphatic carbocycles. The molecule has 2 aliphatic rings. The molecule has 0 radical (unpaired) electrons. The number of rotatable bonds is 5. The number of amides is 4. The van der Waals surface area contributed by atoms with Crippen molar-refractivity contribution in [2.24, 2.45) is 0 Å². The van der Waals surface area contributed by atoms with Gasteiger partial charge in [0.15, 0.2) is 0 Å². The summed E-state index contributed by atoms with van der Waals surface area (Å²) in [4.78, 5) is 60.7. The second-order valence-electron chi connectivity index (χ2n) is 5.96. The van der Waals surface area contributed by atoms with E-state index in [-0.39, 0.29) is 25.1 Å². The van der Waals surface area contributed by atoms with Crippen LogP contribution >= 0.6 is 0 Å². The van der Waals surface area contributed by atoms with Crippen LogP contribution in [0, 0.1) is 0 Å². The molecule has 0 bridgehead atoms. The molecule has 0 spiro atoms. The Balaban J connectivity index is 1.75. The van der Waals surface area contributed by atoms with E-state index in [2.05, 4.69) is 10.6 Å². The Morgan fingerprint density at radius 2 is 2.07 bits per heavy atom. The number of benzene rings is 1. The molecule has 27 heavy (non-hydrogen) atoms. The van der Waals surface area contributed by atoms with Crippen molar-refractivity contribution in [1.82, 2.24) is 10.2 Å². The third-order valence-corrected chi connectivity index (χ3v) is 4.13. The van der Waals surface area contributed by atoms with Crippen molar-refractivity contribution >= 4 is 35.3 Å². The van der Waals surface area contributed by atoms with Gasteiger partial charge in [-0.25, -0.2) is 4.79 Å². The van der Waals surface area contributed by atoms with E-state index in [0.29, 0.717) is 11.3 Å². The second kappa shape index (κ2) is 7.40. The molecule has 0 aromatic heterocycles. The van der Waals surface area contributed by atoms with E-state index in [0.717, 1.165) is 11.0 Å². The summed E-state index contributed by atoms with van der Waals surface area (Å²) in [6.45, 7) is 1.92. The monoisotopic (exact) mass is 371 g/mol. The average Bonchev–Trinajstić information content (AvgIpc) is 2.89. The van der Waals surface area contributed by atoms with Gasteiger partial charge in [-0.15, -0.1) is 0 Å². The summed E-state index contributed by atoms with van der Waals surface area (Å²) < 4.78 is 4.93. The molecule has 1 unspecified atom stereocenters. The highest BCUT2D eigenvalue weighted by Gasteiger charge is 2.42. The molecule has 1 saturated heterocycles. The predicted molar refractivity (Wildman–Crippen MR) is 92.1 cm³/mol. The minimum atomic E-state index is -1.02. The number of hydrogen-bond acceptors (Lipinski definition) is 7. The first kappa shape index (κ1) is 18.3. The summed E-state index contributed by atoms with van der Waals surface area (Å²) in [5.74, 6) is -2.92. The van der Waals surface area contributed by atoms with Crippen LogP contribution in [0.5, 0.6) is 0 Å². The van der Waals surface area contributed by atoms with Crippen LogP contribution in [0.3, 0.4) is 0 Å². The van der Waals surface area contributed by atoms with Crippen molar-refractivity contribution in [3.05, 3.63) is 41.6 Å². The van der Waals surface area contributed by atoms with Crippen LogP contribution in [-0.2, 0) is 23.9 Å².